The van der Waals surface area contributed by atoms with Gasteiger partial charge >= 0.3 is 5.97 Å². The van der Waals surface area contributed by atoms with E-state index in [-0.39, 0.29) is 27.2 Å². The zero-order valence-corrected chi connectivity index (χ0v) is 19.6. The summed E-state index contributed by atoms with van der Waals surface area (Å²) in [5, 5.41) is 2.62. The SMILES string of the molecule is CC(Br)C(=O)OC(Oc1ccc(-[s+]2c3ccccc3c3ccccc32)cc1)C(C)C. The van der Waals surface area contributed by atoms with Crippen LogP contribution in [-0.4, -0.2) is 17.1 Å². The van der Waals surface area contributed by atoms with Crippen molar-refractivity contribution < 1.29 is 14.3 Å². The van der Waals surface area contributed by atoms with Gasteiger partial charge < -0.3 is 9.47 Å². The lowest BCUT2D eigenvalue weighted by molar-refractivity contribution is -0.168. The van der Waals surface area contributed by atoms with E-state index in [2.05, 4.69) is 76.6 Å². The van der Waals surface area contributed by atoms with Crippen LogP contribution in [0.2, 0.25) is 0 Å². The molecule has 2 unspecified atom stereocenters. The molecule has 1 aromatic heterocycles. The Morgan fingerprint density at radius 3 is 1.87 bits per heavy atom. The molecule has 0 aliphatic rings. The number of hydrogen-bond donors (Lipinski definition) is 0. The molecule has 2 atom stereocenters. The summed E-state index contributed by atoms with van der Waals surface area (Å²) in [7, 11) is -0.133. The van der Waals surface area contributed by atoms with Crippen LogP contribution in [0.15, 0.2) is 72.8 Å². The lowest BCUT2D eigenvalue weighted by atomic mass is 10.2. The third kappa shape index (κ3) is 4.09. The van der Waals surface area contributed by atoms with Crippen LogP contribution in [0.4, 0.5) is 0 Å². The first-order chi connectivity index (χ1) is 14.5. The first-order valence-electron chi connectivity index (χ1n) is 9.99. The molecular weight excluding hydrogens is 460 g/mol. The molecule has 1 heterocycles. The summed E-state index contributed by atoms with van der Waals surface area (Å²) in [6.45, 7) is 5.69. The lowest BCUT2D eigenvalue weighted by Crippen LogP contribution is -2.31. The van der Waals surface area contributed by atoms with Gasteiger partial charge in [0.05, 0.1) is 0 Å². The minimum atomic E-state index is -0.626. The number of benzene rings is 3. The van der Waals surface area contributed by atoms with Crippen molar-refractivity contribution in [1.29, 1.82) is 0 Å². The second kappa shape index (κ2) is 8.78. The molecule has 4 aromatic rings. The number of ether oxygens (including phenoxy) is 2. The summed E-state index contributed by atoms with van der Waals surface area (Å²) in [4.78, 5) is 12.8. The second-order valence-corrected chi connectivity index (χ2v) is 10.9. The van der Waals surface area contributed by atoms with E-state index in [1.165, 1.54) is 25.1 Å². The topological polar surface area (TPSA) is 35.5 Å². The number of rotatable bonds is 6. The smallest absolute Gasteiger partial charge is 0.322 e. The average Bonchev–Trinajstić information content (AvgIpc) is 3.08. The van der Waals surface area contributed by atoms with Crippen LogP contribution in [-0.2, 0) is 9.53 Å². The van der Waals surface area contributed by atoms with Crippen molar-refractivity contribution in [3.05, 3.63) is 72.8 Å². The number of fused-ring (bicyclic) bond motifs is 3. The number of alkyl halides is 1. The maximum absolute atomic E-state index is 12.0. The molecule has 0 saturated carbocycles. The number of carbonyl (C=O) groups excluding carboxylic acids is 1. The molecule has 0 spiro atoms. The molecule has 4 rings (SSSR count). The van der Waals surface area contributed by atoms with Gasteiger partial charge in [-0.15, -0.1) is 0 Å². The van der Waals surface area contributed by atoms with Crippen molar-refractivity contribution in [2.24, 2.45) is 5.92 Å². The van der Waals surface area contributed by atoms with Crippen LogP contribution >= 0.6 is 26.4 Å². The quantitative estimate of drug-likeness (QED) is 0.124. The van der Waals surface area contributed by atoms with E-state index in [1.807, 2.05) is 26.0 Å². The van der Waals surface area contributed by atoms with Gasteiger partial charge in [0.25, 0.3) is 0 Å². The zero-order valence-electron chi connectivity index (χ0n) is 17.2. The maximum atomic E-state index is 12.0. The van der Waals surface area contributed by atoms with Crippen molar-refractivity contribution in [3.63, 3.8) is 0 Å². The van der Waals surface area contributed by atoms with Gasteiger partial charge in [-0.25, -0.2) is 0 Å². The third-order valence-corrected chi connectivity index (χ3v) is 7.63. The number of esters is 1. The molecule has 0 aliphatic carbocycles. The average molecular weight is 484 g/mol. The summed E-state index contributed by atoms with van der Waals surface area (Å²) < 4.78 is 14.2. The van der Waals surface area contributed by atoms with Crippen LogP contribution in [0.3, 0.4) is 0 Å². The molecule has 3 aromatic carbocycles. The molecule has 30 heavy (non-hydrogen) atoms. The molecule has 3 nitrogen and oxygen atoms in total. The molecule has 0 aliphatic heterocycles. The normalized spacial score (nSPS) is 13.5. The monoisotopic (exact) mass is 483 g/mol. The molecule has 0 saturated heterocycles. The summed E-state index contributed by atoms with van der Waals surface area (Å²) in [6, 6.07) is 25.4. The Morgan fingerprint density at radius 1 is 0.833 bits per heavy atom. The Hall–Kier alpha value is -2.37. The highest BCUT2D eigenvalue weighted by Crippen LogP contribution is 2.48. The first kappa shape index (κ1) is 20.9. The van der Waals surface area contributed by atoms with Gasteiger partial charge in [0.1, 0.15) is 10.6 Å². The second-order valence-electron chi connectivity index (χ2n) is 7.55. The van der Waals surface area contributed by atoms with E-state index >= 15 is 0 Å². The number of hydrogen-bond acceptors (Lipinski definition) is 3. The van der Waals surface area contributed by atoms with E-state index in [9.17, 15) is 4.79 Å². The Morgan fingerprint density at radius 2 is 1.37 bits per heavy atom. The molecular formula is C25H24BrO3S+. The van der Waals surface area contributed by atoms with Crippen molar-refractivity contribution in [2.75, 3.05) is 0 Å². The van der Waals surface area contributed by atoms with Gasteiger partial charge in [-0.1, -0.05) is 54.0 Å². The van der Waals surface area contributed by atoms with Crippen LogP contribution in [0, 0.1) is 5.92 Å². The summed E-state index contributed by atoms with van der Waals surface area (Å²) >= 11 is 3.25. The maximum Gasteiger partial charge on any atom is 0.322 e. The molecule has 0 fully saturated rings. The van der Waals surface area contributed by atoms with Crippen molar-refractivity contribution in [1.82, 2.24) is 0 Å². The van der Waals surface area contributed by atoms with Crippen molar-refractivity contribution >= 4 is 52.5 Å². The fourth-order valence-electron chi connectivity index (χ4n) is 3.40. The molecule has 0 amide bonds. The minimum Gasteiger partial charge on any atom is -0.455 e. The van der Waals surface area contributed by atoms with E-state index < -0.39 is 6.29 Å². The van der Waals surface area contributed by atoms with Crippen LogP contribution in [0.1, 0.15) is 20.8 Å². The van der Waals surface area contributed by atoms with Gasteiger partial charge in [-0.05, 0) is 43.3 Å². The van der Waals surface area contributed by atoms with Gasteiger partial charge in [0.15, 0.2) is 14.3 Å². The largest absolute Gasteiger partial charge is 0.455 e. The Kier molecular flexibility index (Phi) is 6.11. The van der Waals surface area contributed by atoms with Crippen LogP contribution < -0.4 is 4.74 Å². The molecule has 154 valence electrons. The molecule has 0 bridgehead atoms. The van der Waals surface area contributed by atoms with E-state index in [1.54, 1.807) is 6.92 Å². The fourth-order valence-corrected chi connectivity index (χ4v) is 5.89. The highest BCUT2D eigenvalue weighted by molar-refractivity contribution is 9.10. The Bertz CT molecular complexity index is 1120. The number of halogens is 1. The number of carbonyl (C=O) groups is 1. The molecule has 5 heteroatoms. The fraction of sp³-hybridized carbons (Fsp3) is 0.240. The van der Waals surface area contributed by atoms with Crippen molar-refractivity contribution in [3.8, 4) is 10.6 Å². The van der Waals surface area contributed by atoms with E-state index in [4.69, 9.17) is 9.47 Å². The first-order valence-corrected chi connectivity index (χ1v) is 12.1. The Balaban J connectivity index is 1.66. The van der Waals surface area contributed by atoms with E-state index in [0.717, 1.165) is 0 Å². The summed E-state index contributed by atoms with van der Waals surface area (Å²) in [6.07, 6.45) is -0.626. The minimum absolute atomic E-state index is 0.0373. The molecule has 0 radical (unpaired) electrons. The van der Waals surface area contributed by atoms with Gasteiger partial charge in [0.2, 0.25) is 6.29 Å². The highest BCUT2D eigenvalue weighted by atomic mass is 79.9. The predicted octanol–water partition coefficient (Wildman–Crippen LogP) is 7.42. The van der Waals surface area contributed by atoms with Crippen molar-refractivity contribution in [2.45, 2.75) is 31.9 Å². The standard InChI is InChI=1S/C25H24BrO3S/c1-16(2)25(29-24(27)17(3)26)28-18-12-14-19(15-13-18)30-22-10-6-4-8-20(22)21-9-5-7-11-23(21)30/h4-17,25H,1-3H3/q+1. The van der Waals surface area contributed by atoms with Crippen LogP contribution in [0.25, 0.3) is 25.1 Å². The number of thiophene rings is 1. The van der Waals surface area contributed by atoms with E-state index in [0.29, 0.717) is 5.75 Å². The molecule has 0 N–H and O–H groups in total. The summed E-state index contributed by atoms with van der Waals surface area (Å²) in [5.41, 5.74) is 0. The zero-order chi connectivity index (χ0) is 21.3. The highest BCUT2D eigenvalue weighted by Gasteiger charge is 2.25. The summed E-state index contributed by atoms with van der Waals surface area (Å²) in [5.74, 6) is 0.401. The van der Waals surface area contributed by atoms with Gasteiger partial charge in [0, 0.05) is 39.3 Å². The van der Waals surface area contributed by atoms with Crippen LogP contribution in [0.5, 0.6) is 5.75 Å². The third-order valence-electron chi connectivity index (χ3n) is 4.92. The Labute approximate surface area is 187 Å². The lowest BCUT2D eigenvalue weighted by Gasteiger charge is -2.23. The van der Waals surface area contributed by atoms with Gasteiger partial charge in [-0.3, -0.25) is 4.79 Å². The predicted molar refractivity (Wildman–Crippen MR) is 129 cm³/mol. The van der Waals surface area contributed by atoms with Gasteiger partial charge in [-0.2, -0.15) is 0 Å².